The fourth-order valence-electron chi connectivity index (χ4n) is 4.29. The average molecular weight is 416 g/mol. The second-order valence-corrected chi connectivity index (χ2v) is 8.19. The third-order valence-corrected chi connectivity index (χ3v) is 6.04. The molecule has 0 spiro atoms. The number of anilines is 2. The monoisotopic (exact) mass is 415 g/mol. The first-order chi connectivity index (χ1) is 15.3. The van der Waals surface area contributed by atoms with Crippen LogP contribution in [0.3, 0.4) is 0 Å². The Morgan fingerprint density at radius 1 is 1.19 bits per heavy atom. The van der Waals surface area contributed by atoms with E-state index in [1.165, 1.54) is 23.8 Å². The third-order valence-electron chi connectivity index (χ3n) is 6.04. The molecule has 1 saturated carbocycles. The molecule has 1 aliphatic carbocycles. The van der Waals surface area contributed by atoms with Gasteiger partial charge in [0.1, 0.15) is 11.6 Å². The molecule has 4 heterocycles. The zero-order valence-corrected chi connectivity index (χ0v) is 18.2. The molecule has 160 valence electrons. The van der Waals surface area contributed by atoms with Crippen molar-refractivity contribution in [3.05, 3.63) is 41.9 Å². The zero-order valence-electron chi connectivity index (χ0n) is 18.2. The van der Waals surface area contributed by atoms with Crippen molar-refractivity contribution in [1.29, 1.82) is 0 Å². The van der Waals surface area contributed by atoms with E-state index in [9.17, 15) is 0 Å². The first-order valence-corrected chi connectivity index (χ1v) is 11.2. The van der Waals surface area contributed by atoms with Crippen molar-refractivity contribution in [1.82, 2.24) is 25.3 Å². The lowest BCUT2D eigenvalue weighted by molar-refractivity contribution is 0.586. The van der Waals surface area contributed by atoms with Crippen molar-refractivity contribution in [2.45, 2.75) is 32.1 Å². The Balaban J connectivity index is 1.73. The van der Waals surface area contributed by atoms with Gasteiger partial charge in [0.2, 0.25) is 0 Å². The Kier molecular flexibility index (Phi) is 5.51. The summed E-state index contributed by atoms with van der Waals surface area (Å²) in [5.41, 5.74) is 4.23. The van der Waals surface area contributed by atoms with E-state index in [1.54, 1.807) is 0 Å². The summed E-state index contributed by atoms with van der Waals surface area (Å²) >= 11 is 0. The molecular weight excluding hydrogens is 386 g/mol. The summed E-state index contributed by atoms with van der Waals surface area (Å²) in [6, 6.07) is 2.01. The lowest BCUT2D eigenvalue weighted by Gasteiger charge is -2.30. The van der Waals surface area contributed by atoms with Crippen molar-refractivity contribution >= 4 is 28.6 Å². The molecule has 2 aliphatic rings. The predicted octanol–water partition coefficient (Wildman–Crippen LogP) is 3.84. The molecule has 0 radical (unpaired) electrons. The second kappa shape index (κ2) is 8.59. The maximum atomic E-state index is 5.18. The van der Waals surface area contributed by atoms with Crippen molar-refractivity contribution in [2.75, 3.05) is 43.4 Å². The van der Waals surface area contributed by atoms with E-state index in [2.05, 4.69) is 44.6 Å². The molecule has 0 amide bonds. The quantitative estimate of drug-likeness (QED) is 0.633. The van der Waals surface area contributed by atoms with Gasteiger partial charge >= 0.3 is 0 Å². The van der Waals surface area contributed by atoms with Crippen LogP contribution in [0.25, 0.3) is 28.4 Å². The van der Waals surface area contributed by atoms with Crippen LogP contribution in [0, 0.1) is 0 Å². The van der Waals surface area contributed by atoms with Crippen molar-refractivity contribution < 1.29 is 0 Å². The van der Waals surface area contributed by atoms with Crippen LogP contribution in [0.15, 0.2) is 30.7 Å². The Morgan fingerprint density at radius 2 is 2.03 bits per heavy atom. The minimum Gasteiger partial charge on any atom is -0.373 e. The molecule has 1 aliphatic heterocycles. The molecule has 0 unspecified atom stereocenters. The minimum absolute atomic E-state index is 0.590. The van der Waals surface area contributed by atoms with Crippen LogP contribution in [-0.2, 0) is 0 Å². The Bertz CT molecular complexity index is 1110. The van der Waals surface area contributed by atoms with Gasteiger partial charge in [0.05, 0.1) is 11.7 Å². The molecule has 0 bridgehead atoms. The maximum Gasteiger partial charge on any atom is 0.163 e. The van der Waals surface area contributed by atoms with Gasteiger partial charge in [-0.1, -0.05) is 19.1 Å². The van der Waals surface area contributed by atoms with Crippen LogP contribution in [0.4, 0.5) is 11.6 Å². The van der Waals surface area contributed by atoms with Crippen LogP contribution in [0.5, 0.6) is 0 Å². The van der Waals surface area contributed by atoms with Gasteiger partial charge in [-0.25, -0.2) is 15.0 Å². The molecule has 2 N–H and O–H groups in total. The average Bonchev–Trinajstić information content (AvgIpc) is 3.67. The van der Waals surface area contributed by atoms with E-state index < -0.39 is 0 Å². The highest BCUT2D eigenvalue weighted by atomic mass is 15.2. The van der Waals surface area contributed by atoms with Gasteiger partial charge in [0.15, 0.2) is 5.82 Å². The van der Waals surface area contributed by atoms with Crippen LogP contribution in [0.1, 0.15) is 43.2 Å². The number of hydrogen-bond acceptors (Lipinski definition) is 7. The SMILES string of the molecule is CC/C=C/c1c(-c2nc(N3CCNCC3)c3c(C4CC4)cncc3n2)ccnc1NC. The standard InChI is InChI=1S/C24H29N7/c1-3-4-5-17-18(8-9-28-22(17)25-2)23-29-20-15-27-14-19(16-6-7-16)21(20)24(30-23)31-12-10-26-11-13-31/h4-5,8-9,14-16,26H,3,6-7,10-13H2,1-2H3,(H,25,28)/b5-4+. The molecule has 1 saturated heterocycles. The number of nitrogens with one attached hydrogen (secondary N) is 2. The summed E-state index contributed by atoms with van der Waals surface area (Å²) in [6.07, 6.45) is 13.4. The number of nitrogens with zero attached hydrogens (tertiary/aromatic N) is 5. The fourth-order valence-corrected chi connectivity index (χ4v) is 4.29. The third kappa shape index (κ3) is 3.85. The largest absolute Gasteiger partial charge is 0.373 e. The molecule has 7 nitrogen and oxygen atoms in total. The molecule has 0 aromatic carbocycles. The van der Waals surface area contributed by atoms with Gasteiger partial charge in [-0.05, 0) is 36.8 Å². The van der Waals surface area contributed by atoms with Crippen LogP contribution in [-0.4, -0.2) is 53.2 Å². The Labute approximate surface area is 183 Å². The Morgan fingerprint density at radius 3 is 2.77 bits per heavy atom. The molecule has 7 heteroatoms. The second-order valence-electron chi connectivity index (χ2n) is 8.19. The number of pyridine rings is 2. The van der Waals surface area contributed by atoms with Crippen molar-refractivity contribution in [3.63, 3.8) is 0 Å². The first kappa shape index (κ1) is 19.9. The van der Waals surface area contributed by atoms with E-state index >= 15 is 0 Å². The number of fused-ring (bicyclic) bond motifs is 1. The predicted molar refractivity (Wildman–Crippen MR) is 126 cm³/mol. The normalized spacial score (nSPS) is 16.9. The number of allylic oxidation sites excluding steroid dienone is 1. The van der Waals surface area contributed by atoms with Crippen molar-refractivity contribution in [2.24, 2.45) is 0 Å². The maximum absolute atomic E-state index is 5.18. The summed E-state index contributed by atoms with van der Waals surface area (Å²) in [6.45, 7) is 5.95. The van der Waals surface area contributed by atoms with E-state index in [0.717, 1.165) is 66.7 Å². The summed E-state index contributed by atoms with van der Waals surface area (Å²) in [5.74, 6) is 3.19. The van der Waals surface area contributed by atoms with E-state index in [0.29, 0.717) is 5.92 Å². The minimum atomic E-state index is 0.590. The van der Waals surface area contributed by atoms with E-state index in [-0.39, 0.29) is 0 Å². The molecule has 5 rings (SSSR count). The van der Waals surface area contributed by atoms with Crippen LogP contribution in [0.2, 0.25) is 0 Å². The van der Waals surface area contributed by atoms with Crippen LogP contribution >= 0.6 is 0 Å². The first-order valence-electron chi connectivity index (χ1n) is 11.2. The summed E-state index contributed by atoms with van der Waals surface area (Å²) < 4.78 is 0. The number of rotatable bonds is 6. The topological polar surface area (TPSA) is 78.9 Å². The molecule has 3 aromatic rings. The highest BCUT2D eigenvalue weighted by Crippen LogP contribution is 2.45. The number of aromatic nitrogens is 4. The van der Waals surface area contributed by atoms with Crippen LogP contribution < -0.4 is 15.5 Å². The lowest BCUT2D eigenvalue weighted by Crippen LogP contribution is -2.44. The summed E-state index contributed by atoms with van der Waals surface area (Å²) in [5, 5.41) is 7.84. The molecule has 31 heavy (non-hydrogen) atoms. The summed E-state index contributed by atoms with van der Waals surface area (Å²) in [7, 11) is 1.90. The highest BCUT2D eigenvalue weighted by molar-refractivity contribution is 5.94. The van der Waals surface area contributed by atoms with Gasteiger partial charge in [0, 0.05) is 62.1 Å². The number of piperazine rings is 1. The molecule has 0 atom stereocenters. The van der Waals surface area contributed by atoms with Gasteiger partial charge in [0.25, 0.3) is 0 Å². The summed E-state index contributed by atoms with van der Waals surface area (Å²) in [4.78, 5) is 21.6. The molecular formula is C24H29N7. The van der Waals surface area contributed by atoms with E-state index in [4.69, 9.17) is 9.97 Å². The lowest BCUT2D eigenvalue weighted by atomic mass is 10.0. The molecule has 3 aromatic heterocycles. The van der Waals surface area contributed by atoms with Gasteiger partial charge in [-0.2, -0.15) is 0 Å². The van der Waals surface area contributed by atoms with Gasteiger partial charge in [-0.3, -0.25) is 4.98 Å². The number of hydrogen-bond donors (Lipinski definition) is 2. The molecule has 2 fully saturated rings. The van der Waals surface area contributed by atoms with Gasteiger partial charge in [-0.15, -0.1) is 0 Å². The zero-order chi connectivity index (χ0) is 21.2. The van der Waals surface area contributed by atoms with Crippen molar-refractivity contribution in [3.8, 4) is 11.4 Å². The highest BCUT2D eigenvalue weighted by Gasteiger charge is 2.29. The van der Waals surface area contributed by atoms with E-state index in [1.807, 2.05) is 31.7 Å². The Hall–Kier alpha value is -3.06. The smallest absolute Gasteiger partial charge is 0.163 e. The van der Waals surface area contributed by atoms with Gasteiger partial charge < -0.3 is 15.5 Å². The fraction of sp³-hybridized carbons (Fsp3) is 0.417.